The second-order valence-electron chi connectivity index (χ2n) is 2.91. The average Bonchev–Trinajstić information content (AvgIpc) is 2.11. The van der Waals surface area contributed by atoms with Crippen molar-refractivity contribution in [3.63, 3.8) is 0 Å². The first-order valence-corrected chi connectivity index (χ1v) is 3.86. The van der Waals surface area contributed by atoms with Crippen molar-refractivity contribution >= 4 is 6.47 Å². The molecule has 1 heterocycles. The van der Waals surface area contributed by atoms with E-state index in [0.717, 1.165) is 0 Å². The second kappa shape index (κ2) is 4.01. The summed E-state index contributed by atoms with van der Waals surface area (Å²) in [5, 5.41) is 27.7. The number of rotatable bonds is 2. The number of carbonyl (C=O) groups is 1. The van der Waals surface area contributed by atoms with Crippen LogP contribution < -0.4 is 0 Å². The Morgan fingerprint density at radius 1 is 1.23 bits per heavy atom. The standard InChI is InChI=1S/C7H12O6/c1-3-4(9)5(10)6(11)7(13-3)12-2-8/h2-7,9-11H,1H3/t3-,4-,5+,6+,7?/m1/s1. The van der Waals surface area contributed by atoms with Crippen LogP contribution >= 0.6 is 0 Å². The number of hydrogen-bond acceptors (Lipinski definition) is 6. The van der Waals surface area contributed by atoms with Crippen LogP contribution in [0.3, 0.4) is 0 Å². The fourth-order valence-electron chi connectivity index (χ4n) is 1.18. The lowest BCUT2D eigenvalue weighted by molar-refractivity contribution is -0.280. The van der Waals surface area contributed by atoms with Gasteiger partial charge in [-0.25, -0.2) is 0 Å². The topological polar surface area (TPSA) is 96.2 Å². The lowest BCUT2D eigenvalue weighted by Gasteiger charge is -2.37. The molecule has 1 unspecified atom stereocenters. The summed E-state index contributed by atoms with van der Waals surface area (Å²) in [6.45, 7) is 1.62. The molecule has 6 heteroatoms. The molecule has 0 spiro atoms. The van der Waals surface area contributed by atoms with Gasteiger partial charge in [0.15, 0.2) is 0 Å². The van der Waals surface area contributed by atoms with Gasteiger partial charge < -0.3 is 24.8 Å². The zero-order valence-corrected chi connectivity index (χ0v) is 7.03. The third kappa shape index (κ3) is 1.97. The zero-order valence-electron chi connectivity index (χ0n) is 7.03. The Hall–Kier alpha value is -0.690. The van der Waals surface area contributed by atoms with Crippen molar-refractivity contribution in [3.8, 4) is 0 Å². The largest absolute Gasteiger partial charge is 0.435 e. The Morgan fingerprint density at radius 3 is 2.38 bits per heavy atom. The predicted octanol–water partition coefficient (Wildman–Crippen LogP) is -2.01. The lowest BCUT2D eigenvalue weighted by atomic mass is 10.0. The fraction of sp³-hybridized carbons (Fsp3) is 0.857. The lowest BCUT2D eigenvalue weighted by Crippen LogP contribution is -2.57. The van der Waals surface area contributed by atoms with Gasteiger partial charge in [0, 0.05) is 0 Å². The van der Waals surface area contributed by atoms with E-state index in [1.165, 1.54) is 6.92 Å². The summed E-state index contributed by atoms with van der Waals surface area (Å²) in [4.78, 5) is 9.96. The van der Waals surface area contributed by atoms with Crippen LogP contribution in [-0.4, -0.2) is 52.5 Å². The van der Waals surface area contributed by atoms with E-state index in [2.05, 4.69) is 4.74 Å². The number of carbonyl (C=O) groups excluding carboxylic acids is 1. The molecule has 76 valence electrons. The molecule has 0 amide bonds. The molecule has 1 fully saturated rings. The van der Waals surface area contributed by atoms with Gasteiger partial charge >= 0.3 is 0 Å². The molecule has 0 aromatic heterocycles. The molecule has 13 heavy (non-hydrogen) atoms. The zero-order chi connectivity index (χ0) is 10.0. The Balaban J connectivity index is 2.64. The Morgan fingerprint density at radius 2 is 1.85 bits per heavy atom. The SMILES string of the molecule is C[C@H]1OC(OC=O)[C@@H](O)[C@@H](O)[C@@H]1O. The molecule has 3 N–H and O–H groups in total. The number of ether oxygens (including phenoxy) is 2. The van der Waals surface area contributed by atoms with E-state index >= 15 is 0 Å². The second-order valence-corrected chi connectivity index (χ2v) is 2.91. The highest BCUT2D eigenvalue weighted by Gasteiger charge is 2.42. The van der Waals surface area contributed by atoms with Crippen LogP contribution in [0.15, 0.2) is 0 Å². The molecule has 1 saturated heterocycles. The van der Waals surface area contributed by atoms with Crippen molar-refractivity contribution in [3.05, 3.63) is 0 Å². The molecule has 1 aliphatic rings. The first-order chi connectivity index (χ1) is 6.07. The molecule has 5 atom stereocenters. The van der Waals surface area contributed by atoms with Crippen LogP contribution in [0.1, 0.15) is 6.92 Å². The van der Waals surface area contributed by atoms with Crippen molar-refractivity contribution in [2.24, 2.45) is 0 Å². The highest BCUT2D eigenvalue weighted by Crippen LogP contribution is 2.20. The molecule has 0 radical (unpaired) electrons. The van der Waals surface area contributed by atoms with Gasteiger partial charge in [-0.15, -0.1) is 0 Å². The van der Waals surface area contributed by atoms with E-state index in [1.54, 1.807) is 0 Å². The normalized spacial score (nSPS) is 45.7. The highest BCUT2D eigenvalue weighted by molar-refractivity contribution is 5.37. The molecule has 1 aliphatic heterocycles. The molecule has 0 aliphatic carbocycles. The average molecular weight is 192 g/mol. The first kappa shape index (κ1) is 10.4. The van der Waals surface area contributed by atoms with Gasteiger partial charge in [-0.1, -0.05) is 0 Å². The Kier molecular flexibility index (Phi) is 3.21. The first-order valence-electron chi connectivity index (χ1n) is 3.86. The van der Waals surface area contributed by atoms with Crippen LogP contribution in [0.2, 0.25) is 0 Å². The van der Waals surface area contributed by atoms with Crippen LogP contribution in [0, 0.1) is 0 Å². The van der Waals surface area contributed by atoms with Gasteiger partial charge in [-0.05, 0) is 6.92 Å². The smallest absolute Gasteiger partial charge is 0.295 e. The maximum Gasteiger partial charge on any atom is 0.295 e. The van der Waals surface area contributed by atoms with E-state index in [9.17, 15) is 20.1 Å². The number of hydrogen-bond donors (Lipinski definition) is 3. The molecule has 0 aromatic rings. The van der Waals surface area contributed by atoms with E-state index < -0.39 is 30.7 Å². The summed E-state index contributed by atoms with van der Waals surface area (Å²) >= 11 is 0. The van der Waals surface area contributed by atoms with Gasteiger partial charge in [0.05, 0.1) is 6.10 Å². The van der Waals surface area contributed by atoms with Crippen molar-refractivity contribution in [2.45, 2.75) is 37.6 Å². The maximum absolute atomic E-state index is 9.96. The van der Waals surface area contributed by atoms with Gasteiger partial charge in [-0.2, -0.15) is 0 Å². The van der Waals surface area contributed by atoms with Crippen LogP contribution in [0.4, 0.5) is 0 Å². The quantitative estimate of drug-likeness (QED) is 0.437. The molecule has 0 saturated carbocycles. The summed E-state index contributed by atoms with van der Waals surface area (Å²) in [5.74, 6) is 0. The summed E-state index contributed by atoms with van der Waals surface area (Å²) < 4.78 is 9.27. The molecular weight excluding hydrogens is 180 g/mol. The minimum Gasteiger partial charge on any atom is -0.435 e. The molecule has 1 rings (SSSR count). The van der Waals surface area contributed by atoms with E-state index in [-0.39, 0.29) is 6.47 Å². The monoisotopic (exact) mass is 192 g/mol. The van der Waals surface area contributed by atoms with Crippen LogP contribution in [0.25, 0.3) is 0 Å². The van der Waals surface area contributed by atoms with Crippen LogP contribution in [-0.2, 0) is 14.3 Å². The Labute approximate surface area is 74.7 Å². The minimum absolute atomic E-state index is 0.116. The summed E-state index contributed by atoms with van der Waals surface area (Å²) in [5.41, 5.74) is 0. The summed E-state index contributed by atoms with van der Waals surface area (Å²) in [6, 6.07) is 0. The number of aliphatic hydroxyl groups excluding tert-OH is 3. The predicted molar refractivity (Wildman–Crippen MR) is 39.5 cm³/mol. The molecule has 0 aromatic carbocycles. The fourth-order valence-corrected chi connectivity index (χ4v) is 1.18. The van der Waals surface area contributed by atoms with Gasteiger partial charge in [0.25, 0.3) is 6.47 Å². The van der Waals surface area contributed by atoms with Crippen molar-refractivity contribution < 1.29 is 29.6 Å². The highest BCUT2D eigenvalue weighted by atomic mass is 16.7. The minimum atomic E-state index is -1.42. The van der Waals surface area contributed by atoms with Crippen molar-refractivity contribution in [1.82, 2.24) is 0 Å². The molecular formula is C7H12O6. The molecule has 6 nitrogen and oxygen atoms in total. The third-order valence-corrected chi connectivity index (χ3v) is 2.00. The molecule has 0 bridgehead atoms. The van der Waals surface area contributed by atoms with Crippen molar-refractivity contribution in [1.29, 1.82) is 0 Å². The van der Waals surface area contributed by atoms with Gasteiger partial charge in [0.1, 0.15) is 18.3 Å². The third-order valence-electron chi connectivity index (χ3n) is 2.00. The van der Waals surface area contributed by atoms with Crippen LogP contribution in [0.5, 0.6) is 0 Å². The van der Waals surface area contributed by atoms with Gasteiger partial charge in [-0.3, -0.25) is 4.79 Å². The summed E-state index contributed by atoms with van der Waals surface area (Å²) in [6.07, 6.45) is -5.87. The van der Waals surface area contributed by atoms with Gasteiger partial charge in [0.2, 0.25) is 6.29 Å². The summed E-state index contributed by atoms with van der Waals surface area (Å²) in [7, 11) is 0. The maximum atomic E-state index is 9.96. The number of aliphatic hydroxyl groups is 3. The van der Waals surface area contributed by atoms with Crippen molar-refractivity contribution in [2.75, 3.05) is 0 Å². The Bertz CT molecular complexity index is 184. The van der Waals surface area contributed by atoms with E-state index in [4.69, 9.17) is 4.74 Å². The van der Waals surface area contributed by atoms with E-state index in [0.29, 0.717) is 0 Å². The van der Waals surface area contributed by atoms with E-state index in [1.807, 2.05) is 0 Å².